The summed E-state index contributed by atoms with van der Waals surface area (Å²) >= 11 is 0.680. The Hall–Kier alpha value is -4.36. The lowest BCUT2D eigenvalue weighted by Gasteiger charge is -2.31. The van der Waals surface area contributed by atoms with E-state index >= 15 is 17.6 Å². The van der Waals surface area contributed by atoms with Crippen LogP contribution >= 0.6 is 11.3 Å². The Bertz CT molecular complexity index is 2100. The van der Waals surface area contributed by atoms with Crippen molar-refractivity contribution >= 4 is 49.1 Å². The molecule has 0 saturated carbocycles. The van der Waals surface area contributed by atoms with Gasteiger partial charge in [-0.1, -0.05) is 13.0 Å². The minimum absolute atomic E-state index is 0.0191. The average molecular weight is 732 g/mol. The third kappa shape index (κ3) is 5.78. The monoisotopic (exact) mass is 731 g/mol. The summed E-state index contributed by atoms with van der Waals surface area (Å²) in [6, 6.07) is 3.61. The number of amides is 1. The van der Waals surface area contributed by atoms with Gasteiger partial charge in [-0.3, -0.25) is 9.69 Å². The minimum Gasteiger partial charge on any atom is -0.461 e. The van der Waals surface area contributed by atoms with Crippen molar-refractivity contribution in [3.63, 3.8) is 0 Å². The molecule has 7 rings (SSSR count). The molecule has 5 heterocycles. The van der Waals surface area contributed by atoms with Crippen LogP contribution in [0.1, 0.15) is 57.1 Å². The van der Waals surface area contributed by atoms with E-state index in [4.69, 9.17) is 10.5 Å². The van der Waals surface area contributed by atoms with E-state index in [-0.39, 0.29) is 87.9 Å². The van der Waals surface area contributed by atoms with Crippen LogP contribution in [-0.2, 0) is 11.0 Å². The van der Waals surface area contributed by atoms with E-state index in [1.807, 2.05) is 17.9 Å². The predicted molar refractivity (Wildman–Crippen MR) is 181 cm³/mol. The number of alkyl halides is 4. The summed E-state index contributed by atoms with van der Waals surface area (Å²) in [7, 11) is 1.61. The lowest BCUT2D eigenvalue weighted by atomic mass is 9.92. The maximum Gasteiger partial charge on any atom is 0.417 e. The van der Waals surface area contributed by atoms with Crippen LogP contribution in [0.3, 0.4) is 0 Å². The van der Waals surface area contributed by atoms with Crippen molar-refractivity contribution in [1.82, 2.24) is 19.8 Å². The molecule has 9 nitrogen and oxygen atoms in total. The van der Waals surface area contributed by atoms with Gasteiger partial charge in [-0.25, -0.2) is 13.2 Å². The zero-order valence-electron chi connectivity index (χ0n) is 28.1. The second-order valence-corrected chi connectivity index (χ2v) is 14.8. The summed E-state index contributed by atoms with van der Waals surface area (Å²) < 4.78 is 97.6. The fraction of sp³-hybridized carbons (Fsp3) is 0.486. The molecule has 2 N–H and O–H groups in total. The third-order valence-electron chi connectivity index (χ3n) is 10.7. The Kier molecular flexibility index (Phi) is 8.73. The Morgan fingerprint density at radius 3 is 2.73 bits per heavy atom. The first-order valence-corrected chi connectivity index (χ1v) is 17.6. The molecule has 3 saturated heterocycles. The number of ether oxygens (including phenoxy) is 1. The number of anilines is 2. The van der Waals surface area contributed by atoms with Crippen LogP contribution in [0.4, 0.5) is 37.2 Å². The average Bonchev–Trinajstić information content (AvgIpc) is 3.83. The summed E-state index contributed by atoms with van der Waals surface area (Å²) in [5.41, 5.74) is 1.88. The lowest BCUT2D eigenvalue weighted by Crippen LogP contribution is -2.43. The molecule has 3 aliphatic heterocycles. The highest BCUT2D eigenvalue weighted by atomic mass is 32.1. The van der Waals surface area contributed by atoms with Crippen LogP contribution in [-0.4, -0.2) is 82.8 Å². The number of nitrogens with zero attached hydrogens (tertiary/aromatic N) is 6. The van der Waals surface area contributed by atoms with Gasteiger partial charge in [0.1, 0.15) is 41.0 Å². The molecule has 0 bridgehead atoms. The highest BCUT2D eigenvalue weighted by Crippen LogP contribution is 2.48. The van der Waals surface area contributed by atoms with Crippen molar-refractivity contribution in [2.75, 3.05) is 43.9 Å². The number of hydrogen-bond acceptors (Lipinski definition) is 9. The molecule has 4 unspecified atom stereocenters. The SMILES string of the molecule is CCC(=O)N1CC(N(C)c2nc(OCC34CCCN3CC(F)C4)nc3c(F)c(-c4ccc(F)c5sc(N)c(C#N)c45)c(C(F)(F)F)cc23)CC1C. The number of nitrogens with two attached hydrogens (primary N) is 1. The summed E-state index contributed by atoms with van der Waals surface area (Å²) in [5.74, 6) is -2.33. The highest BCUT2D eigenvalue weighted by molar-refractivity contribution is 7.23. The van der Waals surface area contributed by atoms with E-state index in [0.29, 0.717) is 30.7 Å². The molecule has 2 aromatic heterocycles. The van der Waals surface area contributed by atoms with Gasteiger partial charge in [-0.05, 0) is 50.4 Å². The number of fused-ring (bicyclic) bond motifs is 3. The summed E-state index contributed by atoms with van der Waals surface area (Å²) in [6.45, 7) is 4.81. The first kappa shape index (κ1) is 35.1. The van der Waals surface area contributed by atoms with Crippen LogP contribution in [0.15, 0.2) is 18.2 Å². The second-order valence-electron chi connectivity index (χ2n) is 13.7. The van der Waals surface area contributed by atoms with E-state index in [9.17, 15) is 18.8 Å². The van der Waals surface area contributed by atoms with Crippen LogP contribution in [0.2, 0.25) is 0 Å². The largest absolute Gasteiger partial charge is 0.461 e. The topological polar surface area (TPSA) is 112 Å². The van der Waals surface area contributed by atoms with E-state index < -0.39 is 52.2 Å². The molecule has 270 valence electrons. The molecule has 16 heteroatoms. The molecule has 4 aromatic rings. The first-order valence-electron chi connectivity index (χ1n) is 16.7. The maximum absolute atomic E-state index is 17.1. The number of rotatable bonds is 7. The van der Waals surface area contributed by atoms with Gasteiger partial charge in [0.25, 0.3) is 0 Å². The number of carbonyl (C=O) groups is 1. The van der Waals surface area contributed by atoms with E-state index in [0.717, 1.165) is 24.6 Å². The quantitative estimate of drug-likeness (QED) is 0.202. The maximum atomic E-state index is 17.1. The van der Waals surface area contributed by atoms with Crippen molar-refractivity contribution in [3.8, 4) is 23.2 Å². The van der Waals surface area contributed by atoms with Crippen molar-refractivity contribution < 1.29 is 35.9 Å². The van der Waals surface area contributed by atoms with Gasteiger partial charge in [-0.15, -0.1) is 11.3 Å². The molecule has 0 aliphatic carbocycles. The van der Waals surface area contributed by atoms with Crippen molar-refractivity contribution in [2.45, 2.75) is 75.9 Å². The Balaban J connectivity index is 1.44. The highest BCUT2D eigenvalue weighted by Gasteiger charge is 2.49. The van der Waals surface area contributed by atoms with Crippen LogP contribution in [0.5, 0.6) is 6.01 Å². The number of thiophene rings is 1. The standard InChI is InChI=1S/C35H35F6N7O2S/c1-4-25(49)48-15-19(10-17(48)2)46(3)32-21-11-23(35(39,40)41)27(20-6-7-24(37)30-26(20)22(13-42)31(43)51-30)28(38)29(21)44-33(45-32)50-16-34-8-5-9-47(34)14-18(36)12-34/h6-7,11,17-19H,4-5,8-10,12,14-16,43H2,1-3H3. The fourth-order valence-electron chi connectivity index (χ4n) is 8.17. The number of halogens is 6. The molecule has 51 heavy (non-hydrogen) atoms. The molecule has 0 spiro atoms. The van der Waals surface area contributed by atoms with Crippen molar-refractivity contribution in [2.24, 2.45) is 0 Å². The van der Waals surface area contributed by atoms with Crippen LogP contribution in [0.25, 0.3) is 32.1 Å². The number of likely N-dealkylation sites (tertiary alicyclic amines) is 1. The van der Waals surface area contributed by atoms with Gasteiger partial charge >= 0.3 is 12.2 Å². The number of likely N-dealkylation sites (N-methyl/N-ethyl adjacent to an activating group) is 1. The zero-order chi connectivity index (χ0) is 36.6. The minimum atomic E-state index is -5.12. The predicted octanol–water partition coefficient (Wildman–Crippen LogP) is 7.05. The number of carbonyl (C=O) groups excluding carboxylic acids is 1. The summed E-state index contributed by atoms with van der Waals surface area (Å²) in [4.78, 5) is 26.9. The van der Waals surface area contributed by atoms with Gasteiger partial charge in [0.2, 0.25) is 5.91 Å². The van der Waals surface area contributed by atoms with E-state index in [1.54, 1.807) is 23.8 Å². The molecular formula is C35H35F6N7O2S. The number of nitriles is 1. The Labute approximate surface area is 293 Å². The normalized spacial score (nSPS) is 23.7. The molecular weight excluding hydrogens is 696 g/mol. The van der Waals surface area contributed by atoms with Gasteiger partial charge in [0.05, 0.1) is 21.4 Å². The molecule has 2 aromatic carbocycles. The van der Waals surface area contributed by atoms with Gasteiger partial charge in [0.15, 0.2) is 5.82 Å². The smallest absolute Gasteiger partial charge is 0.417 e. The number of benzene rings is 2. The summed E-state index contributed by atoms with van der Waals surface area (Å²) in [6.07, 6.45) is -3.70. The van der Waals surface area contributed by atoms with Crippen LogP contribution in [0, 0.1) is 23.0 Å². The fourth-order valence-corrected chi connectivity index (χ4v) is 9.12. The molecule has 4 atom stereocenters. The van der Waals surface area contributed by atoms with E-state index in [2.05, 4.69) is 9.97 Å². The molecule has 1 amide bonds. The first-order chi connectivity index (χ1) is 24.2. The molecule has 3 fully saturated rings. The zero-order valence-corrected chi connectivity index (χ0v) is 28.9. The van der Waals surface area contributed by atoms with E-state index in [1.165, 1.54) is 0 Å². The Morgan fingerprint density at radius 1 is 1.25 bits per heavy atom. The van der Waals surface area contributed by atoms with Crippen molar-refractivity contribution in [3.05, 3.63) is 41.0 Å². The number of nitrogen functional groups attached to an aromatic ring is 1. The summed E-state index contributed by atoms with van der Waals surface area (Å²) in [5, 5.41) is 9.21. The van der Waals surface area contributed by atoms with Gasteiger partial charge in [-0.2, -0.15) is 28.4 Å². The second kappa shape index (κ2) is 12.7. The number of hydrogen-bond donors (Lipinski definition) is 1. The van der Waals surface area contributed by atoms with Crippen molar-refractivity contribution in [1.29, 1.82) is 5.26 Å². The third-order valence-corrected chi connectivity index (χ3v) is 11.7. The molecule has 3 aliphatic rings. The number of aromatic nitrogens is 2. The van der Waals surface area contributed by atoms with Gasteiger partial charge < -0.3 is 20.3 Å². The Morgan fingerprint density at radius 2 is 2.02 bits per heavy atom. The van der Waals surface area contributed by atoms with Gasteiger partial charge in [0, 0.05) is 61.4 Å². The molecule has 0 radical (unpaired) electrons. The van der Waals surface area contributed by atoms with Crippen LogP contribution < -0.4 is 15.4 Å². The lowest BCUT2D eigenvalue weighted by molar-refractivity contribution is -0.137.